The van der Waals surface area contributed by atoms with Crippen molar-refractivity contribution in [1.29, 1.82) is 0 Å². The third-order valence-corrected chi connectivity index (χ3v) is 2.01. The summed E-state index contributed by atoms with van der Waals surface area (Å²) < 4.78 is 0. The van der Waals surface area contributed by atoms with Gasteiger partial charge in [-0.15, -0.1) is 0 Å². The maximum atomic E-state index is 11.2. The predicted octanol–water partition coefficient (Wildman–Crippen LogP) is 1.40. The van der Waals surface area contributed by atoms with Gasteiger partial charge in [0.05, 0.1) is 5.92 Å². The minimum Gasteiger partial charge on any atom is -0.481 e. The molecule has 1 unspecified atom stereocenters. The summed E-state index contributed by atoms with van der Waals surface area (Å²) in [5.74, 6) is -1.28. The Bertz CT molecular complexity index is 202. The second-order valence-corrected chi connectivity index (χ2v) is 3.70. The molecule has 0 aromatic rings. The minimum atomic E-state index is -0.815. The highest BCUT2D eigenvalue weighted by Gasteiger charge is 2.16. The molecule has 4 nitrogen and oxygen atoms in total. The van der Waals surface area contributed by atoms with E-state index in [2.05, 4.69) is 5.32 Å². The standard InChI is InChI=1S/C10H19NO3/c1-4-8(10(13)14)5-6-9(12)11-7(2)3/h7-8H,4-6H2,1-3H3,(H,11,12)(H,13,14). The van der Waals surface area contributed by atoms with Gasteiger partial charge in [0.25, 0.3) is 0 Å². The van der Waals surface area contributed by atoms with E-state index in [4.69, 9.17) is 5.11 Å². The third-order valence-electron chi connectivity index (χ3n) is 2.01. The number of nitrogens with one attached hydrogen (secondary N) is 1. The van der Waals surface area contributed by atoms with E-state index < -0.39 is 11.9 Å². The molecule has 0 radical (unpaired) electrons. The van der Waals surface area contributed by atoms with Crippen LogP contribution in [0.25, 0.3) is 0 Å². The van der Waals surface area contributed by atoms with E-state index in [0.29, 0.717) is 19.3 Å². The van der Waals surface area contributed by atoms with Gasteiger partial charge in [0.2, 0.25) is 5.91 Å². The molecule has 0 aromatic heterocycles. The van der Waals surface area contributed by atoms with Crippen molar-refractivity contribution >= 4 is 11.9 Å². The third kappa shape index (κ3) is 5.56. The highest BCUT2D eigenvalue weighted by molar-refractivity contribution is 5.77. The highest BCUT2D eigenvalue weighted by Crippen LogP contribution is 2.10. The zero-order valence-electron chi connectivity index (χ0n) is 9.04. The second kappa shape index (κ2) is 6.40. The monoisotopic (exact) mass is 201 g/mol. The largest absolute Gasteiger partial charge is 0.481 e. The van der Waals surface area contributed by atoms with Crippen LogP contribution in [0.2, 0.25) is 0 Å². The molecule has 82 valence electrons. The fourth-order valence-electron chi connectivity index (χ4n) is 1.20. The Hall–Kier alpha value is -1.06. The van der Waals surface area contributed by atoms with Gasteiger partial charge in [0.1, 0.15) is 0 Å². The van der Waals surface area contributed by atoms with Crippen molar-refractivity contribution in [3.63, 3.8) is 0 Å². The van der Waals surface area contributed by atoms with E-state index in [-0.39, 0.29) is 11.9 Å². The summed E-state index contributed by atoms with van der Waals surface area (Å²) in [5.41, 5.74) is 0. The van der Waals surface area contributed by atoms with Gasteiger partial charge in [-0.25, -0.2) is 0 Å². The lowest BCUT2D eigenvalue weighted by Crippen LogP contribution is -2.30. The van der Waals surface area contributed by atoms with Crippen LogP contribution in [0.1, 0.15) is 40.0 Å². The molecular formula is C10H19NO3. The lowest BCUT2D eigenvalue weighted by atomic mass is 10.0. The normalized spacial score (nSPS) is 12.6. The van der Waals surface area contributed by atoms with Gasteiger partial charge in [-0.1, -0.05) is 6.92 Å². The number of carboxylic acid groups (broad SMARTS) is 1. The van der Waals surface area contributed by atoms with Gasteiger partial charge < -0.3 is 10.4 Å². The van der Waals surface area contributed by atoms with Crippen LogP contribution < -0.4 is 5.32 Å². The number of carbonyl (C=O) groups is 2. The van der Waals surface area contributed by atoms with Crippen LogP contribution in [-0.2, 0) is 9.59 Å². The molecule has 2 N–H and O–H groups in total. The van der Waals surface area contributed by atoms with Crippen LogP contribution >= 0.6 is 0 Å². The first-order valence-electron chi connectivity index (χ1n) is 4.99. The first kappa shape index (κ1) is 12.9. The molecule has 0 aliphatic heterocycles. The van der Waals surface area contributed by atoms with Crippen molar-refractivity contribution in [2.75, 3.05) is 0 Å². The highest BCUT2D eigenvalue weighted by atomic mass is 16.4. The molecular weight excluding hydrogens is 182 g/mol. The van der Waals surface area contributed by atoms with Crippen LogP contribution in [0.4, 0.5) is 0 Å². The maximum absolute atomic E-state index is 11.2. The van der Waals surface area contributed by atoms with Gasteiger partial charge in [0, 0.05) is 12.5 Å². The SMILES string of the molecule is CCC(CCC(=O)NC(C)C)C(=O)O. The van der Waals surface area contributed by atoms with E-state index in [9.17, 15) is 9.59 Å². The smallest absolute Gasteiger partial charge is 0.306 e. The summed E-state index contributed by atoms with van der Waals surface area (Å²) in [6.07, 6.45) is 1.29. The first-order valence-corrected chi connectivity index (χ1v) is 4.99. The van der Waals surface area contributed by atoms with Gasteiger partial charge in [0.15, 0.2) is 0 Å². The number of carbonyl (C=O) groups excluding carboxylic acids is 1. The first-order chi connectivity index (χ1) is 6.47. The summed E-state index contributed by atoms with van der Waals surface area (Å²) in [6, 6.07) is 0.118. The molecule has 0 aromatic carbocycles. The molecule has 0 saturated heterocycles. The Morgan fingerprint density at radius 3 is 2.29 bits per heavy atom. The molecule has 0 bridgehead atoms. The predicted molar refractivity (Wildman–Crippen MR) is 53.9 cm³/mol. The molecule has 0 fully saturated rings. The average molecular weight is 201 g/mol. The number of carboxylic acids is 1. The Morgan fingerprint density at radius 1 is 1.36 bits per heavy atom. The summed E-state index contributed by atoms with van der Waals surface area (Å²) in [7, 11) is 0. The van der Waals surface area contributed by atoms with Crippen molar-refractivity contribution in [3.8, 4) is 0 Å². The zero-order chi connectivity index (χ0) is 11.1. The minimum absolute atomic E-state index is 0.0697. The molecule has 1 amide bonds. The molecule has 0 saturated carbocycles. The zero-order valence-corrected chi connectivity index (χ0v) is 9.04. The van der Waals surface area contributed by atoms with Crippen molar-refractivity contribution in [2.45, 2.75) is 46.1 Å². The Balaban J connectivity index is 3.80. The summed E-state index contributed by atoms with van der Waals surface area (Å²) >= 11 is 0. The van der Waals surface area contributed by atoms with Gasteiger partial charge in [-0.2, -0.15) is 0 Å². The van der Waals surface area contributed by atoms with Crippen LogP contribution in [0.15, 0.2) is 0 Å². The van der Waals surface area contributed by atoms with Gasteiger partial charge in [-0.05, 0) is 26.7 Å². The number of hydrogen-bond donors (Lipinski definition) is 2. The summed E-state index contributed by atoms with van der Waals surface area (Å²) in [6.45, 7) is 5.58. The van der Waals surface area contributed by atoms with E-state index in [1.165, 1.54) is 0 Å². The van der Waals surface area contributed by atoms with Crippen molar-refractivity contribution < 1.29 is 14.7 Å². The number of amides is 1. The van der Waals surface area contributed by atoms with E-state index >= 15 is 0 Å². The molecule has 1 atom stereocenters. The molecule has 0 aliphatic rings. The number of aliphatic carboxylic acids is 1. The summed E-state index contributed by atoms with van der Waals surface area (Å²) in [5, 5.41) is 11.5. The fraction of sp³-hybridized carbons (Fsp3) is 0.800. The molecule has 4 heteroatoms. The van der Waals surface area contributed by atoms with Crippen LogP contribution in [0.5, 0.6) is 0 Å². The van der Waals surface area contributed by atoms with E-state index in [1.54, 1.807) is 0 Å². The summed E-state index contributed by atoms with van der Waals surface area (Å²) in [4.78, 5) is 21.8. The Labute approximate surface area is 84.7 Å². The quantitative estimate of drug-likeness (QED) is 0.682. The molecule has 0 aliphatic carbocycles. The maximum Gasteiger partial charge on any atom is 0.306 e. The molecule has 14 heavy (non-hydrogen) atoms. The van der Waals surface area contributed by atoms with Crippen LogP contribution in [-0.4, -0.2) is 23.0 Å². The molecule has 0 spiro atoms. The topological polar surface area (TPSA) is 66.4 Å². The van der Waals surface area contributed by atoms with Crippen LogP contribution in [0.3, 0.4) is 0 Å². The number of rotatable bonds is 6. The number of hydrogen-bond acceptors (Lipinski definition) is 2. The average Bonchev–Trinajstić information content (AvgIpc) is 2.03. The molecule has 0 rings (SSSR count). The molecule has 0 heterocycles. The van der Waals surface area contributed by atoms with Gasteiger partial charge >= 0.3 is 5.97 Å². The van der Waals surface area contributed by atoms with E-state index in [0.717, 1.165) is 0 Å². The van der Waals surface area contributed by atoms with Crippen molar-refractivity contribution in [1.82, 2.24) is 5.32 Å². The van der Waals surface area contributed by atoms with Gasteiger partial charge in [-0.3, -0.25) is 9.59 Å². The fourth-order valence-corrected chi connectivity index (χ4v) is 1.20. The van der Waals surface area contributed by atoms with Crippen molar-refractivity contribution in [3.05, 3.63) is 0 Å². The Kier molecular flexibility index (Phi) is 5.92. The lowest BCUT2D eigenvalue weighted by molar-refractivity contribution is -0.142. The second-order valence-electron chi connectivity index (χ2n) is 3.70. The van der Waals surface area contributed by atoms with Crippen molar-refractivity contribution in [2.24, 2.45) is 5.92 Å². The Morgan fingerprint density at radius 2 is 1.93 bits per heavy atom. The van der Waals surface area contributed by atoms with Crippen LogP contribution in [0, 0.1) is 5.92 Å². The lowest BCUT2D eigenvalue weighted by Gasteiger charge is -2.11. The van der Waals surface area contributed by atoms with E-state index in [1.807, 2.05) is 20.8 Å².